The van der Waals surface area contributed by atoms with Crippen LogP contribution in [0.25, 0.3) is 0 Å². The van der Waals surface area contributed by atoms with Gasteiger partial charge in [-0.3, -0.25) is 4.90 Å². The van der Waals surface area contributed by atoms with Crippen molar-refractivity contribution in [2.75, 3.05) is 19.6 Å². The van der Waals surface area contributed by atoms with Crippen molar-refractivity contribution < 1.29 is 0 Å². The topological polar surface area (TPSA) is 29.3 Å². The van der Waals surface area contributed by atoms with Crippen LogP contribution in [0, 0.1) is 11.8 Å². The third-order valence-electron chi connectivity index (χ3n) is 3.50. The molecule has 2 unspecified atom stereocenters. The summed E-state index contributed by atoms with van der Waals surface area (Å²) in [4.78, 5) is 3.86. The highest BCUT2D eigenvalue weighted by molar-refractivity contribution is 7.10. The van der Waals surface area contributed by atoms with Crippen LogP contribution >= 0.6 is 22.9 Å². The normalized spacial score (nSPS) is 27.2. The predicted octanol–water partition coefficient (Wildman–Crippen LogP) is 2.82. The molecule has 1 aromatic rings. The highest BCUT2D eigenvalue weighted by Crippen LogP contribution is 2.26. The maximum absolute atomic E-state index is 5.93. The zero-order valence-electron chi connectivity index (χ0n) is 9.66. The van der Waals surface area contributed by atoms with E-state index < -0.39 is 0 Å². The van der Waals surface area contributed by atoms with Crippen molar-refractivity contribution in [3.63, 3.8) is 0 Å². The molecule has 1 aliphatic heterocycles. The molecule has 2 atom stereocenters. The average molecular weight is 259 g/mol. The molecule has 1 fully saturated rings. The summed E-state index contributed by atoms with van der Waals surface area (Å²) in [6.45, 7) is 6.47. The van der Waals surface area contributed by atoms with E-state index in [2.05, 4.69) is 17.9 Å². The van der Waals surface area contributed by atoms with Gasteiger partial charge < -0.3 is 5.73 Å². The van der Waals surface area contributed by atoms with E-state index in [1.807, 2.05) is 5.38 Å². The van der Waals surface area contributed by atoms with E-state index in [4.69, 9.17) is 17.3 Å². The highest BCUT2D eigenvalue weighted by atomic mass is 35.5. The Bertz CT molecular complexity index is 340. The van der Waals surface area contributed by atoms with Crippen LogP contribution in [0.2, 0.25) is 5.02 Å². The van der Waals surface area contributed by atoms with E-state index in [1.54, 1.807) is 11.3 Å². The number of thiophene rings is 1. The third kappa shape index (κ3) is 2.98. The maximum atomic E-state index is 5.93. The largest absolute Gasteiger partial charge is 0.330 e. The molecular formula is C12H19ClN2S. The van der Waals surface area contributed by atoms with Gasteiger partial charge >= 0.3 is 0 Å². The van der Waals surface area contributed by atoms with Gasteiger partial charge in [-0.25, -0.2) is 0 Å². The number of halogens is 1. The molecule has 2 rings (SSSR count). The first-order valence-electron chi connectivity index (χ1n) is 5.84. The van der Waals surface area contributed by atoms with Gasteiger partial charge in [-0.1, -0.05) is 18.5 Å². The monoisotopic (exact) mass is 258 g/mol. The van der Waals surface area contributed by atoms with Crippen LogP contribution in [0.3, 0.4) is 0 Å². The quantitative estimate of drug-likeness (QED) is 0.904. The Hall–Kier alpha value is -0.0900. The van der Waals surface area contributed by atoms with Gasteiger partial charge in [0.2, 0.25) is 0 Å². The van der Waals surface area contributed by atoms with Gasteiger partial charge in [-0.05, 0) is 37.4 Å². The highest BCUT2D eigenvalue weighted by Gasteiger charge is 2.25. The van der Waals surface area contributed by atoms with Gasteiger partial charge in [0, 0.05) is 23.3 Å². The van der Waals surface area contributed by atoms with Crippen LogP contribution in [0.4, 0.5) is 0 Å². The van der Waals surface area contributed by atoms with Crippen molar-refractivity contribution in [3.05, 3.63) is 21.3 Å². The lowest BCUT2D eigenvalue weighted by Crippen LogP contribution is -2.42. The number of hydrogen-bond acceptors (Lipinski definition) is 3. The Balaban J connectivity index is 1.91. The van der Waals surface area contributed by atoms with Crippen molar-refractivity contribution in [3.8, 4) is 0 Å². The van der Waals surface area contributed by atoms with Crippen LogP contribution in [0.15, 0.2) is 11.4 Å². The lowest BCUT2D eigenvalue weighted by atomic mass is 9.87. The van der Waals surface area contributed by atoms with E-state index >= 15 is 0 Å². The molecule has 0 spiro atoms. The van der Waals surface area contributed by atoms with Crippen molar-refractivity contribution >= 4 is 22.9 Å². The van der Waals surface area contributed by atoms with Gasteiger partial charge in [-0.15, -0.1) is 11.3 Å². The number of hydrogen-bond donors (Lipinski definition) is 1. The molecule has 0 saturated carbocycles. The number of rotatable bonds is 3. The summed E-state index contributed by atoms with van der Waals surface area (Å²) in [5.74, 6) is 1.43. The lowest BCUT2D eigenvalue weighted by Gasteiger charge is -2.36. The summed E-state index contributed by atoms with van der Waals surface area (Å²) in [5, 5.41) is 2.87. The Morgan fingerprint density at radius 2 is 2.44 bits per heavy atom. The fraction of sp³-hybridized carbons (Fsp3) is 0.667. The van der Waals surface area contributed by atoms with Gasteiger partial charge in [0.15, 0.2) is 0 Å². The van der Waals surface area contributed by atoms with E-state index in [-0.39, 0.29) is 0 Å². The van der Waals surface area contributed by atoms with Crippen LogP contribution in [0.5, 0.6) is 0 Å². The molecule has 0 amide bonds. The van der Waals surface area contributed by atoms with E-state index in [9.17, 15) is 0 Å². The van der Waals surface area contributed by atoms with Gasteiger partial charge in [0.25, 0.3) is 0 Å². The average Bonchev–Trinajstić information content (AvgIpc) is 2.67. The van der Waals surface area contributed by atoms with E-state index in [0.29, 0.717) is 5.92 Å². The minimum absolute atomic E-state index is 0.657. The molecule has 1 aromatic heterocycles. The maximum Gasteiger partial charge on any atom is 0.0516 e. The summed E-state index contributed by atoms with van der Waals surface area (Å²) in [6.07, 6.45) is 1.26. The van der Waals surface area contributed by atoms with Crippen LogP contribution < -0.4 is 5.73 Å². The second-order valence-corrected chi connectivity index (χ2v) is 6.16. The molecule has 2 heterocycles. The van der Waals surface area contributed by atoms with Crippen molar-refractivity contribution in [2.24, 2.45) is 17.6 Å². The lowest BCUT2D eigenvalue weighted by molar-refractivity contribution is 0.127. The fourth-order valence-corrected chi connectivity index (χ4v) is 3.45. The van der Waals surface area contributed by atoms with Crippen molar-refractivity contribution in [2.45, 2.75) is 19.9 Å². The summed E-state index contributed by atoms with van der Waals surface area (Å²) >= 11 is 7.68. The van der Waals surface area contributed by atoms with Gasteiger partial charge in [0.05, 0.1) is 5.02 Å². The standard InChI is InChI=1S/C12H19ClN2S/c1-9-2-3-15(6-10(9)5-14)7-12-4-11(13)8-16-12/h4,8-10H,2-3,5-7,14H2,1H3. The first kappa shape index (κ1) is 12.4. The Kier molecular flexibility index (Phi) is 4.25. The molecule has 1 aliphatic rings. The number of nitrogens with two attached hydrogens (primary N) is 1. The Labute approximate surface area is 106 Å². The van der Waals surface area contributed by atoms with Crippen LogP contribution in [-0.4, -0.2) is 24.5 Å². The van der Waals surface area contributed by atoms with Gasteiger partial charge in [0.1, 0.15) is 0 Å². The molecule has 2 nitrogen and oxygen atoms in total. The molecule has 4 heteroatoms. The SMILES string of the molecule is CC1CCN(Cc2cc(Cl)cs2)CC1CN. The Morgan fingerprint density at radius 1 is 1.62 bits per heavy atom. The Morgan fingerprint density at radius 3 is 3.06 bits per heavy atom. The second kappa shape index (κ2) is 5.50. The fourth-order valence-electron chi connectivity index (χ4n) is 2.33. The molecule has 0 aliphatic carbocycles. The summed E-state index contributed by atoms with van der Waals surface area (Å²) < 4.78 is 0. The minimum Gasteiger partial charge on any atom is -0.330 e. The summed E-state index contributed by atoms with van der Waals surface area (Å²) in [5.41, 5.74) is 5.81. The third-order valence-corrected chi connectivity index (χ3v) is 4.77. The molecule has 16 heavy (non-hydrogen) atoms. The molecular weight excluding hydrogens is 240 g/mol. The van der Waals surface area contributed by atoms with Gasteiger partial charge in [-0.2, -0.15) is 0 Å². The van der Waals surface area contributed by atoms with E-state index in [1.165, 1.54) is 17.8 Å². The molecule has 1 saturated heterocycles. The zero-order chi connectivity index (χ0) is 11.5. The first-order chi connectivity index (χ1) is 7.69. The first-order valence-corrected chi connectivity index (χ1v) is 7.10. The van der Waals surface area contributed by atoms with Crippen molar-refractivity contribution in [1.29, 1.82) is 0 Å². The second-order valence-electron chi connectivity index (χ2n) is 4.73. The molecule has 2 N–H and O–H groups in total. The number of piperidine rings is 1. The van der Waals surface area contributed by atoms with Crippen molar-refractivity contribution in [1.82, 2.24) is 4.90 Å². The molecule has 0 bridgehead atoms. The molecule has 0 radical (unpaired) electrons. The predicted molar refractivity (Wildman–Crippen MR) is 70.9 cm³/mol. The summed E-state index contributed by atoms with van der Waals surface area (Å²) in [6, 6.07) is 2.07. The van der Waals surface area contributed by atoms with Crippen LogP contribution in [-0.2, 0) is 6.54 Å². The number of nitrogens with zero attached hydrogens (tertiary/aromatic N) is 1. The minimum atomic E-state index is 0.657. The zero-order valence-corrected chi connectivity index (χ0v) is 11.2. The smallest absolute Gasteiger partial charge is 0.0516 e. The van der Waals surface area contributed by atoms with E-state index in [0.717, 1.165) is 30.6 Å². The number of likely N-dealkylation sites (tertiary alicyclic amines) is 1. The summed E-state index contributed by atoms with van der Waals surface area (Å²) in [7, 11) is 0. The van der Waals surface area contributed by atoms with Crippen LogP contribution in [0.1, 0.15) is 18.2 Å². The molecule has 0 aromatic carbocycles. The molecule has 90 valence electrons.